The van der Waals surface area contributed by atoms with Crippen LogP contribution in [0.1, 0.15) is 32.3 Å². The Balaban J connectivity index is 2.49. The van der Waals surface area contributed by atoms with Gasteiger partial charge in [-0.2, -0.15) is 12.6 Å². The molecule has 0 amide bonds. The van der Waals surface area contributed by atoms with E-state index in [1.807, 2.05) is 24.3 Å². The number of rotatable bonds is 7. The summed E-state index contributed by atoms with van der Waals surface area (Å²) in [4.78, 5) is 0. The second-order valence-electron chi connectivity index (χ2n) is 4.45. The van der Waals surface area contributed by atoms with E-state index in [-0.39, 0.29) is 5.41 Å². The van der Waals surface area contributed by atoms with Crippen LogP contribution in [0.3, 0.4) is 0 Å². The summed E-state index contributed by atoms with van der Waals surface area (Å²) in [5, 5.41) is 0.775. The van der Waals surface area contributed by atoms with Gasteiger partial charge in [-0.3, -0.25) is 0 Å². The molecule has 1 rings (SSSR count). The van der Waals surface area contributed by atoms with Crippen LogP contribution < -0.4 is 0 Å². The maximum Gasteiger partial charge on any atom is 0.0731 e. The molecule has 0 fully saturated rings. The van der Waals surface area contributed by atoms with E-state index in [1.165, 1.54) is 0 Å². The lowest BCUT2D eigenvalue weighted by atomic mass is 9.85. The highest BCUT2D eigenvalue weighted by Gasteiger charge is 2.24. The minimum absolute atomic E-state index is 0.199. The van der Waals surface area contributed by atoms with E-state index in [0.29, 0.717) is 6.61 Å². The monoisotopic (exact) mass is 272 g/mol. The molecule has 1 nitrogen and oxygen atoms in total. The molecule has 0 aliphatic carbocycles. The maximum absolute atomic E-state index is 6.08. The van der Waals surface area contributed by atoms with Gasteiger partial charge in [0.15, 0.2) is 0 Å². The summed E-state index contributed by atoms with van der Waals surface area (Å²) < 4.78 is 5.81. The van der Waals surface area contributed by atoms with Crippen LogP contribution >= 0.6 is 24.2 Å². The zero-order valence-corrected chi connectivity index (χ0v) is 12.2. The van der Waals surface area contributed by atoms with Gasteiger partial charge >= 0.3 is 0 Å². The molecule has 0 radical (unpaired) electrons. The van der Waals surface area contributed by atoms with Crippen LogP contribution in [0.25, 0.3) is 0 Å². The van der Waals surface area contributed by atoms with Crippen LogP contribution in [0.4, 0.5) is 0 Å². The van der Waals surface area contributed by atoms with Gasteiger partial charge in [-0.05, 0) is 30.2 Å². The Bertz CT molecular complexity index is 328. The fourth-order valence-electron chi connectivity index (χ4n) is 1.72. The quantitative estimate of drug-likeness (QED) is 0.714. The molecule has 0 atom stereocenters. The van der Waals surface area contributed by atoms with E-state index in [2.05, 4.69) is 26.5 Å². The maximum atomic E-state index is 6.08. The van der Waals surface area contributed by atoms with Gasteiger partial charge < -0.3 is 4.74 Å². The van der Waals surface area contributed by atoms with Crippen LogP contribution in [0.15, 0.2) is 24.3 Å². The predicted octanol–water partition coefficient (Wildman–Crippen LogP) is 4.59. The summed E-state index contributed by atoms with van der Waals surface area (Å²) in [6, 6.07) is 7.81. The minimum atomic E-state index is 0.199. The molecule has 0 unspecified atom stereocenters. The highest BCUT2D eigenvalue weighted by Crippen LogP contribution is 2.28. The van der Waals surface area contributed by atoms with Gasteiger partial charge in [-0.15, -0.1) is 0 Å². The highest BCUT2D eigenvalue weighted by molar-refractivity contribution is 7.80. The van der Waals surface area contributed by atoms with Crippen molar-refractivity contribution in [2.45, 2.75) is 33.3 Å². The molecule has 0 aromatic heterocycles. The topological polar surface area (TPSA) is 9.23 Å². The average molecular weight is 273 g/mol. The van der Waals surface area contributed by atoms with E-state index < -0.39 is 0 Å². The predicted molar refractivity (Wildman–Crippen MR) is 78.0 cm³/mol. The summed E-state index contributed by atoms with van der Waals surface area (Å²) in [5.41, 5.74) is 1.25. The van der Waals surface area contributed by atoms with Crippen LogP contribution in [0.2, 0.25) is 5.02 Å². The first-order chi connectivity index (χ1) is 8.17. The van der Waals surface area contributed by atoms with Crippen molar-refractivity contribution in [1.29, 1.82) is 0 Å². The van der Waals surface area contributed by atoms with Crippen LogP contribution in [0.5, 0.6) is 0 Å². The van der Waals surface area contributed by atoms with Crippen LogP contribution in [0, 0.1) is 5.41 Å². The first kappa shape index (κ1) is 14.9. The number of hydrogen-bond acceptors (Lipinski definition) is 2. The molecular weight excluding hydrogens is 252 g/mol. The van der Waals surface area contributed by atoms with E-state index in [4.69, 9.17) is 16.3 Å². The van der Waals surface area contributed by atoms with E-state index in [0.717, 1.165) is 35.8 Å². The molecule has 3 heteroatoms. The third-order valence-corrected chi connectivity index (χ3v) is 4.50. The SMILES string of the molecule is CCC(CC)(CS)COCc1ccccc1Cl. The molecular formula is C14H21ClOS. The van der Waals surface area contributed by atoms with Gasteiger partial charge in [0.2, 0.25) is 0 Å². The second kappa shape index (κ2) is 7.30. The highest BCUT2D eigenvalue weighted by atomic mass is 35.5. The molecule has 0 bridgehead atoms. The van der Waals surface area contributed by atoms with Crippen molar-refractivity contribution in [2.75, 3.05) is 12.4 Å². The second-order valence-corrected chi connectivity index (χ2v) is 5.17. The largest absolute Gasteiger partial charge is 0.376 e. The summed E-state index contributed by atoms with van der Waals surface area (Å²) in [5.74, 6) is 0.864. The molecule has 0 saturated carbocycles. The van der Waals surface area contributed by atoms with Crippen LogP contribution in [-0.4, -0.2) is 12.4 Å². The van der Waals surface area contributed by atoms with Crippen LogP contribution in [-0.2, 0) is 11.3 Å². The Morgan fingerprint density at radius 3 is 2.41 bits per heavy atom. The van der Waals surface area contributed by atoms with Crippen molar-refractivity contribution < 1.29 is 4.74 Å². The number of hydrogen-bond donors (Lipinski definition) is 1. The fourth-order valence-corrected chi connectivity index (χ4v) is 2.45. The molecule has 0 N–H and O–H groups in total. The lowest BCUT2D eigenvalue weighted by Gasteiger charge is -2.29. The third kappa shape index (κ3) is 4.20. The first-order valence-electron chi connectivity index (χ1n) is 6.09. The Morgan fingerprint density at radius 1 is 1.24 bits per heavy atom. The molecule has 0 aliphatic rings. The molecule has 17 heavy (non-hydrogen) atoms. The molecule has 0 heterocycles. The van der Waals surface area contributed by atoms with Gasteiger partial charge in [-0.25, -0.2) is 0 Å². The fraction of sp³-hybridized carbons (Fsp3) is 0.571. The molecule has 1 aromatic rings. The number of benzene rings is 1. The Hall–Kier alpha value is -0.180. The smallest absolute Gasteiger partial charge is 0.0731 e. The van der Waals surface area contributed by atoms with E-state index >= 15 is 0 Å². The van der Waals surface area contributed by atoms with Crippen molar-refractivity contribution in [3.05, 3.63) is 34.9 Å². The van der Waals surface area contributed by atoms with Crippen molar-refractivity contribution in [3.8, 4) is 0 Å². The molecule has 1 aromatic carbocycles. The van der Waals surface area contributed by atoms with Gasteiger partial charge in [0.1, 0.15) is 0 Å². The van der Waals surface area contributed by atoms with Gasteiger partial charge in [0.25, 0.3) is 0 Å². The number of halogens is 1. The number of ether oxygens (including phenoxy) is 1. The lowest BCUT2D eigenvalue weighted by Crippen LogP contribution is -2.27. The number of thiol groups is 1. The first-order valence-corrected chi connectivity index (χ1v) is 7.10. The van der Waals surface area contributed by atoms with Crippen molar-refractivity contribution in [1.82, 2.24) is 0 Å². The van der Waals surface area contributed by atoms with E-state index in [1.54, 1.807) is 0 Å². The molecule has 96 valence electrons. The molecule has 0 aliphatic heterocycles. The third-order valence-electron chi connectivity index (χ3n) is 3.46. The molecule has 0 saturated heterocycles. The Morgan fingerprint density at radius 2 is 1.88 bits per heavy atom. The summed E-state index contributed by atoms with van der Waals surface area (Å²) in [6.45, 7) is 5.71. The summed E-state index contributed by atoms with van der Waals surface area (Å²) >= 11 is 10.5. The summed E-state index contributed by atoms with van der Waals surface area (Å²) in [6.07, 6.45) is 2.19. The van der Waals surface area contributed by atoms with Gasteiger partial charge in [0, 0.05) is 10.4 Å². The van der Waals surface area contributed by atoms with Crippen molar-refractivity contribution in [3.63, 3.8) is 0 Å². The zero-order valence-electron chi connectivity index (χ0n) is 10.6. The normalized spacial score (nSPS) is 11.8. The summed E-state index contributed by atoms with van der Waals surface area (Å²) in [7, 11) is 0. The Labute approximate surface area is 115 Å². The minimum Gasteiger partial charge on any atom is -0.376 e. The van der Waals surface area contributed by atoms with Gasteiger partial charge in [0.05, 0.1) is 13.2 Å². The zero-order chi connectivity index (χ0) is 12.7. The lowest BCUT2D eigenvalue weighted by molar-refractivity contribution is 0.0409. The van der Waals surface area contributed by atoms with Crippen molar-refractivity contribution >= 4 is 24.2 Å². The van der Waals surface area contributed by atoms with E-state index in [9.17, 15) is 0 Å². The average Bonchev–Trinajstić information content (AvgIpc) is 2.37. The standard InChI is InChI=1S/C14H21ClOS/c1-3-14(4-2,11-17)10-16-9-12-7-5-6-8-13(12)15/h5-8,17H,3-4,9-11H2,1-2H3. The Kier molecular flexibility index (Phi) is 6.39. The van der Waals surface area contributed by atoms with Gasteiger partial charge in [-0.1, -0.05) is 43.6 Å². The van der Waals surface area contributed by atoms with Crippen molar-refractivity contribution in [2.24, 2.45) is 5.41 Å². The molecule has 0 spiro atoms.